The molecule has 0 aromatic heterocycles. The molecule has 0 spiro atoms. The average molecular weight is 519 g/mol. The van der Waals surface area contributed by atoms with Gasteiger partial charge in [-0.1, -0.05) is 26.2 Å². The number of methoxy groups -OCH3 is 2. The largest absolute Gasteiger partial charge is 0.493 e. The van der Waals surface area contributed by atoms with Gasteiger partial charge in [-0.15, -0.1) is 0 Å². The van der Waals surface area contributed by atoms with Crippen molar-refractivity contribution in [2.45, 2.75) is 63.2 Å². The maximum Gasteiger partial charge on any atom is 0.247 e. The van der Waals surface area contributed by atoms with Crippen molar-refractivity contribution < 1.29 is 38.8 Å². The highest BCUT2D eigenvalue weighted by molar-refractivity contribution is 5.96. The van der Waals surface area contributed by atoms with Crippen LogP contribution in [0, 0.1) is 0 Å². The number of benzene rings is 1. The maximum atomic E-state index is 13.3. The van der Waals surface area contributed by atoms with Gasteiger partial charge in [-0.2, -0.15) is 0 Å². The number of nitrogens with one attached hydrogen (secondary N) is 1. The summed E-state index contributed by atoms with van der Waals surface area (Å²) in [5, 5.41) is 23.5. The molecule has 0 radical (unpaired) electrons. The Morgan fingerprint density at radius 1 is 1.22 bits per heavy atom. The summed E-state index contributed by atoms with van der Waals surface area (Å²) in [5.41, 5.74) is 1.20. The second-order valence-corrected chi connectivity index (χ2v) is 9.29. The lowest BCUT2D eigenvalue weighted by Gasteiger charge is -2.40. The molecular formula is C27H38N2O8. The second-order valence-electron chi connectivity index (χ2n) is 9.29. The van der Waals surface area contributed by atoms with Crippen LogP contribution in [-0.4, -0.2) is 92.0 Å². The van der Waals surface area contributed by atoms with E-state index in [1.165, 1.54) is 20.3 Å². The topological polar surface area (TPSA) is 135 Å². The number of aldehydes is 1. The summed E-state index contributed by atoms with van der Waals surface area (Å²) < 4.78 is 16.7. The Hall–Kier alpha value is -2.95. The summed E-state index contributed by atoms with van der Waals surface area (Å²) in [6.45, 7) is 2.55. The Balaban J connectivity index is 2.06. The molecule has 3 rings (SSSR count). The molecule has 1 aliphatic carbocycles. The first kappa shape index (κ1) is 28.6. The van der Waals surface area contributed by atoms with Crippen LogP contribution in [-0.2, 0) is 14.3 Å². The molecule has 0 unspecified atom stereocenters. The number of carbonyl (C=O) groups is 3. The minimum Gasteiger partial charge on any atom is -0.493 e. The van der Waals surface area contributed by atoms with E-state index in [-0.39, 0.29) is 32.1 Å². The first-order valence-electron chi connectivity index (χ1n) is 12.8. The minimum atomic E-state index is -1.14. The molecule has 0 saturated heterocycles. The summed E-state index contributed by atoms with van der Waals surface area (Å²) >= 11 is 0. The Morgan fingerprint density at radius 2 is 2.00 bits per heavy atom. The van der Waals surface area contributed by atoms with Crippen molar-refractivity contribution in [3.8, 4) is 11.5 Å². The molecule has 1 aromatic rings. The van der Waals surface area contributed by atoms with Gasteiger partial charge in [0.15, 0.2) is 11.5 Å². The SMILES string of the molecule is CCCCCCN(C(=O)CCOC)[C@@H]1C=C(C(=O)NCCO)[C@@H]2c3cc(C=O)cc(OC)c3O[C@@H]2[C@H]1O. The summed E-state index contributed by atoms with van der Waals surface area (Å²) in [5.74, 6) is -0.652. The standard InChI is InChI=1S/C27H38N2O8/c1-4-5-6-7-10-29(22(32)8-12-35-2)20-15-19(27(34)28-9-11-30)23-18-13-17(16-31)14-21(36-3)25(18)37-26(23)24(20)33/h13-16,20,23-24,26,30,33H,4-12H2,1-3H3,(H,28,34)/t20-,23+,24+,26+/m1/s1. The fourth-order valence-corrected chi connectivity index (χ4v) is 5.04. The van der Waals surface area contributed by atoms with Gasteiger partial charge < -0.3 is 34.6 Å². The van der Waals surface area contributed by atoms with E-state index in [0.717, 1.165) is 25.7 Å². The fourth-order valence-electron chi connectivity index (χ4n) is 5.04. The quantitative estimate of drug-likeness (QED) is 0.250. The smallest absolute Gasteiger partial charge is 0.247 e. The Morgan fingerprint density at radius 3 is 2.65 bits per heavy atom. The molecule has 0 bridgehead atoms. The highest BCUT2D eigenvalue weighted by Crippen LogP contribution is 2.51. The van der Waals surface area contributed by atoms with Crippen molar-refractivity contribution in [3.63, 3.8) is 0 Å². The molecule has 3 N–H and O–H groups in total. The van der Waals surface area contributed by atoms with Crippen LogP contribution in [0.2, 0.25) is 0 Å². The van der Waals surface area contributed by atoms with Crippen molar-refractivity contribution in [2.24, 2.45) is 0 Å². The van der Waals surface area contributed by atoms with Gasteiger partial charge in [0.05, 0.1) is 38.7 Å². The molecule has 1 aromatic carbocycles. The number of carbonyl (C=O) groups excluding carboxylic acids is 3. The van der Waals surface area contributed by atoms with Gasteiger partial charge in [0.2, 0.25) is 11.8 Å². The highest BCUT2D eigenvalue weighted by Gasteiger charge is 2.51. The van der Waals surface area contributed by atoms with E-state index in [9.17, 15) is 24.6 Å². The highest BCUT2D eigenvalue weighted by atomic mass is 16.5. The average Bonchev–Trinajstić information content (AvgIpc) is 3.30. The number of rotatable bonds is 14. The lowest BCUT2D eigenvalue weighted by molar-refractivity contribution is -0.138. The Labute approximate surface area is 217 Å². The van der Waals surface area contributed by atoms with Crippen LogP contribution in [0.15, 0.2) is 23.8 Å². The summed E-state index contributed by atoms with van der Waals surface area (Å²) in [6.07, 6.45) is 4.17. The van der Waals surface area contributed by atoms with Gasteiger partial charge in [0.1, 0.15) is 18.5 Å². The number of amides is 2. The predicted molar refractivity (Wildman–Crippen MR) is 136 cm³/mol. The molecule has 37 heavy (non-hydrogen) atoms. The third-order valence-corrected chi connectivity index (χ3v) is 6.86. The summed E-state index contributed by atoms with van der Waals surface area (Å²) in [7, 11) is 2.97. The van der Waals surface area contributed by atoms with Crippen LogP contribution < -0.4 is 14.8 Å². The molecule has 2 amide bonds. The minimum absolute atomic E-state index is 0.0414. The number of hydrogen-bond acceptors (Lipinski definition) is 8. The first-order chi connectivity index (χ1) is 17.9. The van der Waals surface area contributed by atoms with Crippen LogP contribution in [0.25, 0.3) is 0 Å². The lowest BCUT2D eigenvalue weighted by Crippen LogP contribution is -2.56. The van der Waals surface area contributed by atoms with Gasteiger partial charge >= 0.3 is 0 Å². The van der Waals surface area contributed by atoms with Crippen molar-refractivity contribution >= 4 is 18.1 Å². The summed E-state index contributed by atoms with van der Waals surface area (Å²) in [6, 6.07) is 2.35. The number of unbranched alkanes of at least 4 members (excludes halogenated alkanes) is 3. The molecule has 204 valence electrons. The Bertz CT molecular complexity index is 995. The predicted octanol–water partition coefficient (Wildman–Crippen LogP) is 1.58. The van der Waals surface area contributed by atoms with E-state index in [1.54, 1.807) is 17.0 Å². The molecule has 4 atom stereocenters. The molecule has 10 heteroatoms. The number of nitrogens with zero attached hydrogens (tertiary/aromatic N) is 1. The third kappa shape index (κ3) is 6.31. The first-order valence-corrected chi connectivity index (χ1v) is 12.8. The second kappa shape index (κ2) is 13.6. The molecule has 2 aliphatic rings. The van der Waals surface area contributed by atoms with Gasteiger partial charge in [-0.05, 0) is 24.6 Å². The number of ether oxygens (including phenoxy) is 3. The van der Waals surface area contributed by atoms with Gasteiger partial charge in [0.25, 0.3) is 0 Å². The van der Waals surface area contributed by atoms with Crippen LogP contribution in [0.5, 0.6) is 11.5 Å². The van der Waals surface area contributed by atoms with E-state index in [2.05, 4.69) is 12.2 Å². The van der Waals surface area contributed by atoms with E-state index >= 15 is 0 Å². The number of aliphatic hydroxyl groups is 2. The number of hydrogen-bond donors (Lipinski definition) is 3. The number of fused-ring (bicyclic) bond motifs is 3. The van der Waals surface area contributed by atoms with Crippen LogP contribution in [0.4, 0.5) is 0 Å². The zero-order valence-electron chi connectivity index (χ0n) is 21.8. The van der Waals surface area contributed by atoms with Crippen molar-refractivity contribution in [1.29, 1.82) is 0 Å². The van der Waals surface area contributed by atoms with Crippen LogP contribution in [0.3, 0.4) is 0 Å². The molecule has 10 nitrogen and oxygen atoms in total. The van der Waals surface area contributed by atoms with Crippen LogP contribution in [0.1, 0.15) is 60.9 Å². The van der Waals surface area contributed by atoms with E-state index in [1.807, 2.05) is 0 Å². The van der Waals surface area contributed by atoms with Crippen LogP contribution >= 0.6 is 0 Å². The summed E-state index contributed by atoms with van der Waals surface area (Å²) in [4.78, 5) is 39.7. The fraction of sp³-hybridized carbons (Fsp3) is 0.593. The zero-order valence-corrected chi connectivity index (χ0v) is 21.8. The molecule has 0 saturated carbocycles. The van der Waals surface area contributed by atoms with E-state index < -0.39 is 30.1 Å². The monoisotopic (exact) mass is 518 g/mol. The number of aliphatic hydroxyl groups excluding tert-OH is 2. The van der Waals surface area contributed by atoms with Crippen molar-refractivity contribution in [2.75, 3.05) is 40.5 Å². The third-order valence-electron chi connectivity index (χ3n) is 6.86. The van der Waals surface area contributed by atoms with Gasteiger partial charge in [0, 0.05) is 36.9 Å². The normalized spacial score (nSPS) is 21.8. The molecule has 1 aliphatic heterocycles. The molecule has 1 heterocycles. The van der Waals surface area contributed by atoms with Crippen molar-refractivity contribution in [1.82, 2.24) is 10.2 Å². The lowest BCUT2D eigenvalue weighted by atomic mass is 9.77. The van der Waals surface area contributed by atoms with Gasteiger partial charge in [-0.3, -0.25) is 14.4 Å². The molecule has 0 fully saturated rings. The van der Waals surface area contributed by atoms with E-state index in [0.29, 0.717) is 41.0 Å². The zero-order chi connectivity index (χ0) is 26.9. The maximum absolute atomic E-state index is 13.3. The Kier molecular flexibility index (Phi) is 10.5. The van der Waals surface area contributed by atoms with Crippen molar-refractivity contribution in [3.05, 3.63) is 34.9 Å². The van der Waals surface area contributed by atoms with E-state index in [4.69, 9.17) is 14.2 Å². The van der Waals surface area contributed by atoms with Gasteiger partial charge in [-0.25, -0.2) is 0 Å². The molecular weight excluding hydrogens is 480 g/mol.